The number of fused-ring (bicyclic) bond motifs is 14. The minimum Gasteiger partial charge on any atom is -0.468 e. The van der Waals surface area contributed by atoms with Crippen molar-refractivity contribution in [3.05, 3.63) is 143 Å². The van der Waals surface area contributed by atoms with Gasteiger partial charge in [-0.25, -0.2) is 0 Å². The van der Waals surface area contributed by atoms with Gasteiger partial charge in [0.15, 0.2) is 0 Å². The van der Waals surface area contributed by atoms with Crippen molar-refractivity contribution < 1.29 is 31.8 Å². The number of furan rings is 1. The summed E-state index contributed by atoms with van der Waals surface area (Å²) in [5, 5.41) is 10.9. The Labute approximate surface area is 405 Å². The van der Waals surface area contributed by atoms with Crippen molar-refractivity contribution in [2.75, 3.05) is 9.80 Å². The molecule has 0 spiro atoms. The van der Waals surface area contributed by atoms with Gasteiger partial charge in [0.05, 0.1) is 84.2 Å². The summed E-state index contributed by atoms with van der Waals surface area (Å²) in [5.41, 5.74) is -6.30. The molecule has 0 saturated carbocycles. The first-order valence-corrected chi connectivity index (χ1v) is 21.7. The number of anilines is 6. The molecule has 0 atom stereocenters. The predicted molar refractivity (Wildman–Crippen MR) is 272 cm³/mol. The molecule has 0 bridgehead atoms. The van der Waals surface area contributed by atoms with Crippen LogP contribution in [0.15, 0.2) is 125 Å². The molecule has 0 aliphatic carbocycles. The highest BCUT2D eigenvalue weighted by molar-refractivity contribution is 7.26. The van der Waals surface area contributed by atoms with Crippen LogP contribution in [0.1, 0.15) is 112 Å². The lowest BCUT2D eigenvalue weighted by Crippen LogP contribution is -2.61. The fourth-order valence-electron chi connectivity index (χ4n) is 9.40. The highest BCUT2D eigenvalue weighted by atomic mass is 32.1. The Hall–Kier alpha value is -6.75. The smallest absolute Gasteiger partial charge is 0.297 e. The van der Waals surface area contributed by atoms with Crippen molar-refractivity contribution in [3.8, 4) is 11.8 Å². The minimum atomic E-state index is -1.66. The van der Waals surface area contributed by atoms with E-state index in [1.54, 1.807) is 62.3 Å². The topological polar surface area (TPSA) is 48.3 Å². The van der Waals surface area contributed by atoms with Gasteiger partial charge in [-0.2, -0.15) is 5.26 Å². The lowest BCUT2D eigenvalue weighted by Gasteiger charge is -2.45. The lowest BCUT2D eigenvalue weighted by molar-refractivity contribution is 0.590. The average molecular weight is 867 g/mol. The summed E-state index contributed by atoms with van der Waals surface area (Å²) in [6.07, 6.45) is 0. The molecule has 64 heavy (non-hydrogen) atoms. The van der Waals surface area contributed by atoms with E-state index in [2.05, 4.69) is 0 Å². The van der Waals surface area contributed by atoms with Crippen molar-refractivity contribution in [2.24, 2.45) is 0 Å². The number of thiophene rings is 1. The van der Waals surface area contributed by atoms with Gasteiger partial charge in [-0.05, 0) is 116 Å². The van der Waals surface area contributed by atoms with E-state index in [-0.39, 0.29) is 151 Å². The van der Waals surface area contributed by atoms with E-state index < -0.39 is 125 Å². The molecular formula is C57H47BN4OS. The quantitative estimate of drug-likeness (QED) is 0.154. The number of hydrogen-bond acceptors (Lipinski definition) is 5. The molecule has 3 aromatic heterocycles. The van der Waals surface area contributed by atoms with E-state index >= 15 is 0 Å². The van der Waals surface area contributed by atoms with E-state index in [1.807, 2.05) is 6.07 Å². The predicted octanol–water partition coefficient (Wildman–Crippen LogP) is 14.1. The maximum atomic E-state index is 11.4. The molecule has 0 amide bonds. The van der Waals surface area contributed by atoms with Gasteiger partial charge in [0.2, 0.25) is 0 Å². The van der Waals surface area contributed by atoms with Gasteiger partial charge in [-0.3, -0.25) is 0 Å². The summed E-state index contributed by atoms with van der Waals surface area (Å²) < 4.78 is 203. The van der Waals surface area contributed by atoms with Crippen LogP contribution >= 0.6 is 11.3 Å². The second-order valence-corrected chi connectivity index (χ2v) is 20.7. The Bertz CT molecular complexity index is 4960. The third kappa shape index (κ3) is 4.90. The van der Waals surface area contributed by atoms with E-state index in [1.165, 1.54) is 14.4 Å². The Kier molecular flexibility index (Phi) is 4.36. The molecule has 3 aliphatic heterocycles. The molecule has 10 aromatic rings. The van der Waals surface area contributed by atoms with Gasteiger partial charge >= 0.3 is 0 Å². The van der Waals surface area contributed by atoms with Gasteiger partial charge in [0.1, 0.15) is 5.58 Å². The normalized spacial score (nSPS) is 18.6. The largest absolute Gasteiger partial charge is 0.468 e. The minimum absolute atomic E-state index is 0.0174. The fourth-order valence-corrected chi connectivity index (χ4v) is 10.4. The van der Waals surface area contributed by atoms with Crippen LogP contribution in [0, 0.1) is 11.3 Å². The Morgan fingerprint density at radius 2 is 1.22 bits per heavy atom. The van der Waals surface area contributed by atoms with Crippen molar-refractivity contribution in [2.45, 2.75) is 78.6 Å². The van der Waals surface area contributed by atoms with E-state index in [0.29, 0.717) is 0 Å². The molecule has 0 saturated heterocycles. The second-order valence-electron chi connectivity index (χ2n) is 19.7. The molecule has 7 aromatic carbocycles. The molecule has 0 unspecified atom stereocenters. The van der Waals surface area contributed by atoms with E-state index in [9.17, 15) is 28.6 Å². The number of para-hydroxylation sites is 1. The Morgan fingerprint density at radius 1 is 0.578 bits per heavy atom. The van der Waals surface area contributed by atoms with Gasteiger partial charge < -0.3 is 18.8 Å². The molecule has 0 N–H and O–H groups in total. The zero-order chi connectivity index (χ0) is 61.3. The molecule has 7 heteroatoms. The molecule has 0 radical (unpaired) electrons. The number of benzene rings is 7. The van der Waals surface area contributed by atoms with Crippen molar-refractivity contribution in [1.29, 1.82) is 5.26 Å². The summed E-state index contributed by atoms with van der Waals surface area (Å²) >= 11 is 0.759. The van der Waals surface area contributed by atoms with Gasteiger partial charge in [0.25, 0.3) is 6.71 Å². The maximum Gasteiger partial charge on any atom is 0.297 e. The maximum absolute atomic E-state index is 11.4. The SMILES string of the molecule is [2H]c1c([2H])c2c3c(c1[2H])-n1c4c([2H])c([2H])c(C(C)(C)C)c([2H])c4c4c([2H])c(C(C)(C)C)c([2H])c(c41)N3c1c([2H])c(C#N)c([2H])c3c1B2c1oc2c([2H])c([2H])c(C(C)(C)C)c([2H])c2c1N3c1c([2H])c([2H])c([2H])c2sc3c([2H])c([2H])c([2H])c([2H])c3c12. The lowest BCUT2D eigenvalue weighted by atomic mass is 9.35. The van der Waals surface area contributed by atoms with Gasteiger partial charge in [0, 0.05) is 47.7 Å². The molecule has 310 valence electrons. The summed E-state index contributed by atoms with van der Waals surface area (Å²) in [7, 11) is 0. The molecule has 13 rings (SSSR count). The first-order valence-electron chi connectivity index (χ1n) is 30.9. The van der Waals surface area contributed by atoms with Crippen LogP contribution in [0.3, 0.4) is 0 Å². The number of nitriles is 1. The monoisotopic (exact) mass is 866 g/mol. The van der Waals surface area contributed by atoms with Crippen LogP contribution in [0.2, 0.25) is 0 Å². The number of rotatable bonds is 1. The average Bonchev–Trinajstić information content (AvgIpc) is 1.26. The molecular weight excluding hydrogens is 800 g/mol. The highest BCUT2D eigenvalue weighted by Gasteiger charge is 2.49. The third-order valence-electron chi connectivity index (χ3n) is 12.5. The Balaban J connectivity index is 1.36. The third-order valence-corrected chi connectivity index (χ3v) is 13.5. The summed E-state index contributed by atoms with van der Waals surface area (Å²) in [6.45, 7) is 14.2. The van der Waals surface area contributed by atoms with Crippen LogP contribution in [-0.4, -0.2) is 11.3 Å². The van der Waals surface area contributed by atoms with Crippen molar-refractivity contribution in [1.82, 2.24) is 4.57 Å². The molecule has 3 aliphatic rings. The highest BCUT2D eigenvalue weighted by Crippen LogP contribution is 2.55. The van der Waals surface area contributed by atoms with Crippen molar-refractivity contribution in [3.63, 3.8) is 0 Å². The number of aromatic nitrogens is 1. The zero-order valence-electron chi connectivity index (χ0n) is 56.2. The first-order chi connectivity index (χ1) is 39.0. The molecule has 6 heterocycles. The van der Waals surface area contributed by atoms with Crippen molar-refractivity contribution >= 4 is 122 Å². The molecule has 5 nitrogen and oxygen atoms in total. The summed E-state index contributed by atoms with van der Waals surface area (Å²) in [5.74, 6) is 0. The van der Waals surface area contributed by atoms with E-state index in [4.69, 9.17) is 8.53 Å². The summed E-state index contributed by atoms with van der Waals surface area (Å²) in [6, 6.07) is -8.47. The Morgan fingerprint density at radius 3 is 1.95 bits per heavy atom. The van der Waals surface area contributed by atoms with Crippen LogP contribution in [0.5, 0.6) is 0 Å². The van der Waals surface area contributed by atoms with Crippen LogP contribution < -0.4 is 26.4 Å². The number of hydrogen-bond donors (Lipinski definition) is 0. The molecule has 0 fully saturated rings. The van der Waals surface area contributed by atoms with Crippen LogP contribution in [-0.2, 0) is 16.2 Å². The van der Waals surface area contributed by atoms with Crippen LogP contribution in [0.25, 0.3) is 58.6 Å². The summed E-state index contributed by atoms with van der Waals surface area (Å²) in [4.78, 5) is 2.61. The zero-order valence-corrected chi connectivity index (χ0v) is 37.0. The van der Waals surface area contributed by atoms with E-state index in [0.717, 1.165) is 11.3 Å². The first kappa shape index (κ1) is 22.7. The standard InChI is InChI=1S/C57H47BN4OS/c1-55(2,3)32-20-22-40-36(26-32)37-28-34(57(7,8)9)29-45-51(37)60(40)42-17-12-15-39-53(42)62(45)44-25-31(30-59)24-43-50(44)58(39)54-52(38-27-33(56(4,5)6)21-23-46(38)63-54)61(43)41-16-13-19-48-49(41)35-14-10-11-18-47(35)64-48/h10-29H,1-9H3/i10D,11D,12D,13D,14D,15D,16D,17D,18D,19D,20D,21D,22D,23D,24D,25D,26D,27D,28D,29D. The van der Waals surface area contributed by atoms with Crippen LogP contribution in [0.4, 0.5) is 34.1 Å². The van der Waals surface area contributed by atoms with Gasteiger partial charge in [-0.15, -0.1) is 11.3 Å². The van der Waals surface area contributed by atoms with Gasteiger partial charge in [-0.1, -0.05) is 111 Å². The number of nitrogens with zero attached hydrogens (tertiary/aromatic N) is 4. The second kappa shape index (κ2) is 12.3. The fraction of sp³-hybridized carbons (Fsp3) is 0.211.